The minimum Gasteiger partial charge on any atom is -0.334 e. The van der Waals surface area contributed by atoms with E-state index < -0.39 is 0 Å². The number of aryl methyl sites for hydroxylation is 1. The summed E-state index contributed by atoms with van der Waals surface area (Å²) < 4.78 is 7.41. The number of benzene rings is 1. The maximum absolute atomic E-state index is 5.34. The van der Waals surface area contributed by atoms with E-state index in [4.69, 9.17) is 4.52 Å². The van der Waals surface area contributed by atoms with Gasteiger partial charge in [0.15, 0.2) is 5.82 Å². The summed E-state index contributed by atoms with van der Waals surface area (Å²) in [6, 6.07) is 9.70. The second-order valence-electron chi connectivity index (χ2n) is 5.33. The molecule has 0 bridgehead atoms. The smallest absolute Gasteiger partial charge is 0.257 e. The van der Waals surface area contributed by atoms with Crippen LogP contribution in [0.2, 0.25) is 0 Å². The first-order valence-electron chi connectivity index (χ1n) is 7.70. The van der Waals surface area contributed by atoms with Crippen molar-refractivity contribution in [1.82, 2.24) is 30.2 Å². The van der Waals surface area contributed by atoms with Crippen molar-refractivity contribution in [3.63, 3.8) is 0 Å². The molecule has 0 aliphatic rings. The van der Waals surface area contributed by atoms with E-state index in [1.165, 1.54) is 0 Å². The lowest BCUT2D eigenvalue weighted by Crippen LogP contribution is -2.21. The van der Waals surface area contributed by atoms with Gasteiger partial charge in [0.05, 0.1) is 12.6 Å². The van der Waals surface area contributed by atoms with E-state index in [1.807, 2.05) is 44.2 Å². The van der Waals surface area contributed by atoms with Gasteiger partial charge < -0.3 is 14.4 Å². The normalized spacial score (nSPS) is 12.5. The standard InChI is InChI=1S/C16H20N6O/c1-4-22-12(3)19-20-14(22)10-17-11(2)15-18-16(23-21-15)13-8-6-5-7-9-13/h5-9,11,17H,4,10H2,1-3H3/t11-/m0/s1. The molecule has 0 aliphatic heterocycles. The Balaban J connectivity index is 1.67. The van der Waals surface area contributed by atoms with Crippen molar-refractivity contribution in [2.75, 3.05) is 0 Å². The average Bonchev–Trinajstić information content (AvgIpc) is 3.20. The number of nitrogens with zero attached hydrogens (tertiary/aromatic N) is 5. The molecule has 7 heteroatoms. The van der Waals surface area contributed by atoms with E-state index in [9.17, 15) is 0 Å². The van der Waals surface area contributed by atoms with Crippen LogP contribution in [0.15, 0.2) is 34.9 Å². The van der Waals surface area contributed by atoms with E-state index >= 15 is 0 Å². The maximum atomic E-state index is 5.34. The lowest BCUT2D eigenvalue weighted by Gasteiger charge is -2.10. The summed E-state index contributed by atoms with van der Waals surface area (Å²) in [5, 5.41) is 15.7. The van der Waals surface area contributed by atoms with Crippen LogP contribution in [-0.4, -0.2) is 24.9 Å². The van der Waals surface area contributed by atoms with Gasteiger partial charge in [0, 0.05) is 12.1 Å². The molecular weight excluding hydrogens is 292 g/mol. The Bertz CT molecular complexity index is 764. The van der Waals surface area contributed by atoms with E-state index in [1.54, 1.807) is 0 Å². The van der Waals surface area contributed by atoms with Crippen molar-refractivity contribution in [2.45, 2.75) is 39.9 Å². The molecule has 0 spiro atoms. The minimum atomic E-state index is -0.0430. The monoisotopic (exact) mass is 312 g/mol. The molecule has 1 N–H and O–H groups in total. The lowest BCUT2D eigenvalue weighted by molar-refractivity contribution is 0.407. The molecule has 2 heterocycles. The summed E-state index contributed by atoms with van der Waals surface area (Å²) in [5.74, 6) is 2.98. The highest BCUT2D eigenvalue weighted by Gasteiger charge is 2.16. The van der Waals surface area contributed by atoms with Crippen LogP contribution >= 0.6 is 0 Å². The molecule has 23 heavy (non-hydrogen) atoms. The lowest BCUT2D eigenvalue weighted by atomic mass is 10.2. The van der Waals surface area contributed by atoms with Gasteiger partial charge in [0.1, 0.15) is 11.6 Å². The van der Waals surface area contributed by atoms with Crippen LogP contribution in [-0.2, 0) is 13.1 Å². The van der Waals surface area contributed by atoms with Crippen LogP contribution in [0.1, 0.15) is 37.4 Å². The fourth-order valence-electron chi connectivity index (χ4n) is 2.41. The third-order valence-electron chi connectivity index (χ3n) is 3.74. The fourth-order valence-corrected chi connectivity index (χ4v) is 2.41. The van der Waals surface area contributed by atoms with Crippen LogP contribution in [0.4, 0.5) is 0 Å². The topological polar surface area (TPSA) is 81.7 Å². The molecule has 0 fully saturated rings. The van der Waals surface area contributed by atoms with Gasteiger partial charge in [0.25, 0.3) is 5.89 Å². The third-order valence-corrected chi connectivity index (χ3v) is 3.74. The Morgan fingerprint density at radius 1 is 1.22 bits per heavy atom. The summed E-state index contributed by atoms with van der Waals surface area (Å²) in [6.45, 7) is 7.48. The first-order valence-corrected chi connectivity index (χ1v) is 7.70. The predicted octanol–water partition coefficient (Wildman–Crippen LogP) is 2.51. The maximum Gasteiger partial charge on any atom is 0.257 e. The second kappa shape index (κ2) is 6.70. The molecule has 1 aromatic carbocycles. The molecule has 0 saturated heterocycles. The summed E-state index contributed by atoms with van der Waals surface area (Å²) in [5.41, 5.74) is 0.916. The Hall–Kier alpha value is -2.54. The molecule has 0 saturated carbocycles. The van der Waals surface area contributed by atoms with Crippen LogP contribution in [0.3, 0.4) is 0 Å². The molecule has 120 valence electrons. The van der Waals surface area contributed by atoms with E-state index in [0.29, 0.717) is 18.3 Å². The van der Waals surface area contributed by atoms with Gasteiger partial charge in [0.2, 0.25) is 0 Å². The van der Waals surface area contributed by atoms with E-state index in [2.05, 4.69) is 37.1 Å². The Morgan fingerprint density at radius 3 is 2.74 bits per heavy atom. The summed E-state index contributed by atoms with van der Waals surface area (Å²) in [4.78, 5) is 4.46. The van der Waals surface area contributed by atoms with Crippen LogP contribution < -0.4 is 5.32 Å². The molecule has 0 amide bonds. The predicted molar refractivity (Wildman–Crippen MR) is 85.4 cm³/mol. The van der Waals surface area contributed by atoms with Crippen molar-refractivity contribution in [2.24, 2.45) is 0 Å². The molecule has 2 aromatic heterocycles. The van der Waals surface area contributed by atoms with Crippen LogP contribution in [0.5, 0.6) is 0 Å². The first kappa shape index (κ1) is 15.4. The van der Waals surface area contributed by atoms with E-state index in [0.717, 1.165) is 23.8 Å². The molecule has 7 nitrogen and oxygen atoms in total. The Morgan fingerprint density at radius 2 is 2.00 bits per heavy atom. The number of hydrogen-bond donors (Lipinski definition) is 1. The van der Waals surface area contributed by atoms with Gasteiger partial charge in [-0.15, -0.1) is 10.2 Å². The number of aromatic nitrogens is 5. The Labute approximate surface area is 134 Å². The summed E-state index contributed by atoms with van der Waals surface area (Å²) >= 11 is 0. The molecule has 0 aliphatic carbocycles. The second-order valence-corrected chi connectivity index (χ2v) is 5.33. The largest absolute Gasteiger partial charge is 0.334 e. The van der Waals surface area contributed by atoms with Crippen molar-refractivity contribution in [1.29, 1.82) is 0 Å². The Kier molecular flexibility index (Phi) is 4.47. The third kappa shape index (κ3) is 3.29. The quantitative estimate of drug-likeness (QED) is 0.753. The minimum absolute atomic E-state index is 0.0430. The van der Waals surface area contributed by atoms with Crippen molar-refractivity contribution >= 4 is 0 Å². The SMILES string of the molecule is CCn1c(C)nnc1CN[C@@H](C)c1noc(-c2ccccc2)n1. The van der Waals surface area contributed by atoms with E-state index in [-0.39, 0.29) is 6.04 Å². The van der Waals surface area contributed by atoms with Gasteiger partial charge in [-0.25, -0.2) is 0 Å². The highest BCUT2D eigenvalue weighted by Crippen LogP contribution is 2.18. The summed E-state index contributed by atoms with van der Waals surface area (Å²) in [6.07, 6.45) is 0. The molecule has 1 atom stereocenters. The van der Waals surface area contributed by atoms with Crippen molar-refractivity contribution in [3.8, 4) is 11.5 Å². The zero-order valence-electron chi connectivity index (χ0n) is 13.5. The highest BCUT2D eigenvalue weighted by atomic mass is 16.5. The van der Waals surface area contributed by atoms with Gasteiger partial charge in [-0.05, 0) is 32.9 Å². The highest BCUT2D eigenvalue weighted by molar-refractivity contribution is 5.52. The van der Waals surface area contributed by atoms with Crippen molar-refractivity contribution in [3.05, 3.63) is 47.8 Å². The summed E-state index contributed by atoms with van der Waals surface area (Å²) in [7, 11) is 0. The van der Waals surface area contributed by atoms with Crippen LogP contribution in [0.25, 0.3) is 11.5 Å². The number of nitrogens with one attached hydrogen (secondary N) is 1. The molecular formula is C16H20N6O. The molecule has 3 aromatic rings. The molecule has 3 rings (SSSR count). The van der Waals surface area contributed by atoms with Crippen molar-refractivity contribution < 1.29 is 4.52 Å². The zero-order chi connectivity index (χ0) is 16.2. The van der Waals surface area contributed by atoms with Crippen LogP contribution in [0, 0.1) is 6.92 Å². The fraction of sp³-hybridized carbons (Fsp3) is 0.375. The first-order chi connectivity index (χ1) is 11.2. The molecule has 0 unspecified atom stereocenters. The van der Waals surface area contributed by atoms with Gasteiger partial charge >= 0.3 is 0 Å². The number of hydrogen-bond acceptors (Lipinski definition) is 6. The number of rotatable bonds is 6. The van der Waals surface area contributed by atoms with Gasteiger partial charge in [-0.1, -0.05) is 23.4 Å². The zero-order valence-corrected chi connectivity index (χ0v) is 13.5. The average molecular weight is 312 g/mol. The molecule has 0 radical (unpaired) electrons. The van der Waals surface area contributed by atoms with Gasteiger partial charge in [-0.3, -0.25) is 0 Å². The van der Waals surface area contributed by atoms with Gasteiger partial charge in [-0.2, -0.15) is 4.98 Å².